The zero-order valence-corrected chi connectivity index (χ0v) is 7.89. The fourth-order valence-electron chi connectivity index (χ4n) is 0.276. The molecule has 0 aliphatic carbocycles. The number of rotatable bonds is 6. The maximum atomic E-state index is 10.4. The third-order valence-corrected chi connectivity index (χ3v) is 2.78. The lowest BCUT2D eigenvalue weighted by molar-refractivity contribution is -0.114. The zero-order chi connectivity index (χ0) is 7.82. The molecule has 0 heterocycles. The molecule has 0 aliphatic rings. The average Bonchev–Trinajstić information content (AvgIpc) is 1.87. The first kappa shape index (κ1) is 10.3. The molecule has 0 amide bonds. The van der Waals surface area contributed by atoms with Crippen molar-refractivity contribution < 1.29 is 9.53 Å². The van der Waals surface area contributed by atoms with E-state index in [4.69, 9.17) is 4.74 Å². The molecule has 4 heteroatoms. The molecule has 0 atom stereocenters. The van der Waals surface area contributed by atoms with Crippen molar-refractivity contribution in [2.75, 3.05) is 18.3 Å². The molecule has 60 valence electrons. The summed E-state index contributed by atoms with van der Waals surface area (Å²) in [6.45, 7) is 4.29. The van der Waals surface area contributed by atoms with Gasteiger partial charge in [0.1, 0.15) is 11.7 Å². The van der Waals surface area contributed by atoms with Crippen LogP contribution in [-0.4, -0.2) is 24.1 Å². The monoisotopic (exact) mass is 180 g/mol. The fourth-order valence-corrected chi connectivity index (χ4v) is 1.98. The summed E-state index contributed by atoms with van der Waals surface area (Å²) in [5.74, 6) is 1.47. The fraction of sp³-hybridized carbons (Fsp3) is 0.833. The van der Waals surface area contributed by atoms with E-state index in [0.29, 0.717) is 11.7 Å². The van der Waals surface area contributed by atoms with Crippen LogP contribution in [0.1, 0.15) is 13.8 Å². The highest BCUT2D eigenvalue weighted by Gasteiger charge is 1.93. The number of hydrogen-bond acceptors (Lipinski definition) is 4. The summed E-state index contributed by atoms with van der Waals surface area (Å²) in [6, 6.07) is 0. The molecular formula is C6H12O2S2. The van der Waals surface area contributed by atoms with Gasteiger partial charge in [-0.2, -0.15) is 0 Å². The first-order valence-electron chi connectivity index (χ1n) is 3.09. The van der Waals surface area contributed by atoms with Crippen molar-refractivity contribution in [2.45, 2.75) is 13.8 Å². The Labute approximate surface area is 69.5 Å². The van der Waals surface area contributed by atoms with Gasteiger partial charge in [0.25, 0.3) is 0 Å². The van der Waals surface area contributed by atoms with E-state index in [2.05, 4.69) is 0 Å². The molecule has 0 radical (unpaired) electrons. The summed E-state index contributed by atoms with van der Waals surface area (Å²) in [6.07, 6.45) is 0. The molecule has 0 N–H and O–H groups in total. The molecule has 0 aromatic heterocycles. The molecule has 0 bridgehead atoms. The summed E-state index contributed by atoms with van der Waals surface area (Å²) >= 11 is 0. The van der Waals surface area contributed by atoms with Crippen LogP contribution < -0.4 is 0 Å². The Hall–Kier alpha value is 0.330. The molecule has 0 unspecified atom stereocenters. The highest BCUT2D eigenvalue weighted by molar-refractivity contribution is 8.76. The number of Topliss-reactive ketones (excluding diaryl/α,β-unsaturated/α-hetero) is 1. The first-order chi connectivity index (χ1) is 4.77. The number of ether oxygens (including phenoxy) is 1. The largest absolute Gasteiger partial charge is 0.370 e. The van der Waals surface area contributed by atoms with Crippen molar-refractivity contribution >= 4 is 27.4 Å². The Morgan fingerprint density at radius 2 is 2.20 bits per heavy atom. The van der Waals surface area contributed by atoms with Crippen molar-refractivity contribution in [3.63, 3.8) is 0 Å². The summed E-state index contributed by atoms with van der Waals surface area (Å²) in [5, 5.41) is 0. The van der Waals surface area contributed by atoms with Gasteiger partial charge in [-0.25, -0.2) is 0 Å². The standard InChI is InChI=1S/C6H12O2S2/c1-3-8-5-10-9-4-6(2)7/h3-5H2,1-2H3. The molecule has 0 aliphatic heterocycles. The summed E-state index contributed by atoms with van der Waals surface area (Å²) < 4.78 is 5.05. The normalized spacial score (nSPS) is 9.80. The lowest BCUT2D eigenvalue weighted by atomic mass is 10.5. The maximum absolute atomic E-state index is 10.4. The number of hydrogen-bond donors (Lipinski definition) is 0. The first-order valence-corrected chi connectivity index (χ1v) is 5.57. The van der Waals surface area contributed by atoms with Gasteiger partial charge in [-0.3, -0.25) is 4.79 Å². The van der Waals surface area contributed by atoms with Gasteiger partial charge in [0.05, 0.1) is 5.75 Å². The van der Waals surface area contributed by atoms with Crippen LogP contribution in [-0.2, 0) is 9.53 Å². The highest BCUT2D eigenvalue weighted by atomic mass is 33.1. The molecule has 0 saturated carbocycles. The average molecular weight is 180 g/mol. The quantitative estimate of drug-likeness (QED) is 0.354. The SMILES string of the molecule is CCOCSSCC(C)=O. The van der Waals surface area contributed by atoms with Crippen molar-refractivity contribution in [2.24, 2.45) is 0 Å². The van der Waals surface area contributed by atoms with Gasteiger partial charge >= 0.3 is 0 Å². The van der Waals surface area contributed by atoms with Crippen LogP contribution in [0.3, 0.4) is 0 Å². The van der Waals surface area contributed by atoms with Crippen LogP contribution in [0.25, 0.3) is 0 Å². The van der Waals surface area contributed by atoms with E-state index in [-0.39, 0.29) is 5.78 Å². The van der Waals surface area contributed by atoms with Crippen molar-refractivity contribution in [3.05, 3.63) is 0 Å². The van der Waals surface area contributed by atoms with Gasteiger partial charge < -0.3 is 4.74 Å². The molecule has 0 saturated heterocycles. The van der Waals surface area contributed by atoms with E-state index in [0.717, 1.165) is 6.61 Å². The third-order valence-electron chi connectivity index (χ3n) is 0.681. The number of ketones is 1. The minimum absolute atomic E-state index is 0.217. The van der Waals surface area contributed by atoms with Crippen LogP contribution in [0.5, 0.6) is 0 Å². The van der Waals surface area contributed by atoms with Gasteiger partial charge in [0, 0.05) is 6.61 Å². The predicted octanol–water partition coefficient (Wildman–Crippen LogP) is 1.95. The molecule has 0 fully saturated rings. The topological polar surface area (TPSA) is 26.3 Å². The second kappa shape index (κ2) is 7.44. The van der Waals surface area contributed by atoms with Crippen LogP contribution in [0.4, 0.5) is 0 Å². The van der Waals surface area contributed by atoms with Crippen molar-refractivity contribution in [1.29, 1.82) is 0 Å². The molecule has 0 aromatic rings. The van der Waals surface area contributed by atoms with E-state index in [1.165, 1.54) is 0 Å². The van der Waals surface area contributed by atoms with Gasteiger partial charge in [0.15, 0.2) is 0 Å². The maximum Gasteiger partial charge on any atom is 0.140 e. The van der Waals surface area contributed by atoms with Crippen LogP contribution in [0.2, 0.25) is 0 Å². The Kier molecular flexibility index (Phi) is 7.68. The number of carbonyl (C=O) groups is 1. The molecule has 2 nitrogen and oxygen atoms in total. The van der Waals surface area contributed by atoms with Gasteiger partial charge in [0.2, 0.25) is 0 Å². The van der Waals surface area contributed by atoms with E-state index >= 15 is 0 Å². The van der Waals surface area contributed by atoms with Gasteiger partial charge in [-0.1, -0.05) is 21.6 Å². The Morgan fingerprint density at radius 1 is 1.50 bits per heavy atom. The molecule has 0 spiro atoms. The number of carbonyl (C=O) groups excluding carboxylic acids is 1. The van der Waals surface area contributed by atoms with Crippen LogP contribution >= 0.6 is 21.6 Å². The lowest BCUT2D eigenvalue weighted by Crippen LogP contribution is -1.92. The van der Waals surface area contributed by atoms with E-state index in [9.17, 15) is 4.79 Å². The van der Waals surface area contributed by atoms with Gasteiger partial charge in [-0.15, -0.1) is 0 Å². The third kappa shape index (κ3) is 8.33. The van der Waals surface area contributed by atoms with Gasteiger partial charge in [-0.05, 0) is 13.8 Å². The Morgan fingerprint density at radius 3 is 2.70 bits per heavy atom. The highest BCUT2D eigenvalue weighted by Crippen LogP contribution is 2.20. The van der Waals surface area contributed by atoms with E-state index in [1.54, 1.807) is 28.5 Å². The Balaban J connectivity index is 2.84. The summed E-state index contributed by atoms with van der Waals surface area (Å²) in [5.41, 5.74) is 0. The molecule has 0 aromatic carbocycles. The minimum atomic E-state index is 0.217. The zero-order valence-electron chi connectivity index (χ0n) is 6.25. The smallest absolute Gasteiger partial charge is 0.140 e. The van der Waals surface area contributed by atoms with Crippen LogP contribution in [0, 0.1) is 0 Å². The predicted molar refractivity (Wildman–Crippen MR) is 47.2 cm³/mol. The van der Waals surface area contributed by atoms with Crippen molar-refractivity contribution in [1.82, 2.24) is 0 Å². The second-order valence-electron chi connectivity index (χ2n) is 1.69. The van der Waals surface area contributed by atoms with E-state index in [1.807, 2.05) is 6.92 Å². The molecular weight excluding hydrogens is 168 g/mol. The minimum Gasteiger partial charge on any atom is -0.370 e. The van der Waals surface area contributed by atoms with Crippen LogP contribution in [0.15, 0.2) is 0 Å². The molecule has 0 rings (SSSR count). The second-order valence-corrected chi connectivity index (χ2v) is 4.10. The summed E-state index contributed by atoms with van der Waals surface area (Å²) in [7, 11) is 3.12. The summed E-state index contributed by atoms with van der Waals surface area (Å²) in [4.78, 5) is 10.4. The lowest BCUT2D eigenvalue weighted by Gasteiger charge is -1.97. The van der Waals surface area contributed by atoms with E-state index < -0.39 is 0 Å². The Bertz CT molecular complexity index is 95.7. The molecule has 10 heavy (non-hydrogen) atoms. The van der Waals surface area contributed by atoms with Crippen molar-refractivity contribution in [3.8, 4) is 0 Å².